The number of hydrogen-bond acceptors (Lipinski definition) is 5. The topological polar surface area (TPSA) is 51.7 Å². The highest BCUT2D eigenvalue weighted by Crippen LogP contribution is 2.17. The molecule has 0 saturated carbocycles. The van der Waals surface area contributed by atoms with Crippen LogP contribution >= 0.6 is 0 Å². The van der Waals surface area contributed by atoms with Crippen LogP contribution in [0.5, 0.6) is 0 Å². The maximum atomic E-state index is 11.6. The molecular weight excluding hydrogens is 208 g/mol. The van der Waals surface area contributed by atoms with Gasteiger partial charge in [0.15, 0.2) is 6.04 Å². The van der Waals surface area contributed by atoms with Crippen molar-refractivity contribution in [2.45, 2.75) is 6.04 Å². The summed E-state index contributed by atoms with van der Waals surface area (Å²) < 4.78 is 10.0. The molecule has 5 heteroatoms. The van der Waals surface area contributed by atoms with E-state index >= 15 is 0 Å². The van der Waals surface area contributed by atoms with Crippen LogP contribution < -0.4 is 4.90 Å². The zero-order chi connectivity index (χ0) is 11.4. The van der Waals surface area contributed by atoms with Crippen molar-refractivity contribution in [3.05, 3.63) is 24.4 Å². The maximum absolute atomic E-state index is 11.6. The van der Waals surface area contributed by atoms with Gasteiger partial charge < -0.3 is 14.4 Å². The van der Waals surface area contributed by atoms with Gasteiger partial charge in [-0.2, -0.15) is 0 Å². The predicted molar refractivity (Wildman–Crippen MR) is 58.2 cm³/mol. The fourth-order valence-electron chi connectivity index (χ4n) is 1.73. The molecule has 0 amide bonds. The fraction of sp³-hybridized carbons (Fsp3) is 0.455. The molecule has 0 radical (unpaired) electrons. The SMILES string of the molecule is COC(=O)C1COCCN1c1ccccn1. The molecule has 1 atom stereocenters. The first-order valence-electron chi connectivity index (χ1n) is 5.16. The Morgan fingerprint density at radius 2 is 2.50 bits per heavy atom. The van der Waals surface area contributed by atoms with E-state index in [1.54, 1.807) is 6.20 Å². The van der Waals surface area contributed by atoms with Gasteiger partial charge in [-0.1, -0.05) is 6.07 Å². The molecule has 1 fully saturated rings. The van der Waals surface area contributed by atoms with Gasteiger partial charge in [-0.25, -0.2) is 9.78 Å². The van der Waals surface area contributed by atoms with Gasteiger partial charge in [0.2, 0.25) is 0 Å². The van der Waals surface area contributed by atoms with Crippen LogP contribution in [0.3, 0.4) is 0 Å². The third-order valence-electron chi connectivity index (χ3n) is 2.55. The van der Waals surface area contributed by atoms with Gasteiger partial charge in [0.05, 0.1) is 20.3 Å². The summed E-state index contributed by atoms with van der Waals surface area (Å²) in [7, 11) is 1.38. The summed E-state index contributed by atoms with van der Waals surface area (Å²) in [6.07, 6.45) is 1.71. The lowest BCUT2D eigenvalue weighted by molar-refractivity contribution is -0.144. The van der Waals surface area contributed by atoms with Gasteiger partial charge in [-0.15, -0.1) is 0 Å². The molecule has 16 heavy (non-hydrogen) atoms. The molecule has 2 rings (SSSR count). The van der Waals surface area contributed by atoms with E-state index in [1.165, 1.54) is 7.11 Å². The molecule has 1 unspecified atom stereocenters. The van der Waals surface area contributed by atoms with E-state index in [-0.39, 0.29) is 5.97 Å². The Morgan fingerprint density at radius 1 is 1.62 bits per heavy atom. The third kappa shape index (κ3) is 2.14. The first-order valence-corrected chi connectivity index (χ1v) is 5.16. The highest BCUT2D eigenvalue weighted by Gasteiger charge is 2.30. The normalized spacial score (nSPS) is 20.6. The average Bonchev–Trinajstić information content (AvgIpc) is 2.39. The van der Waals surface area contributed by atoms with Crippen LogP contribution in [0.2, 0.25) is 0 Å². The number of methoxy groups -OCH3 is 1. The molecule has 1 saturated heterocycles. The van der Waals surface area contributed by atoms with E-state index < -0.39 is 6.04 Å². The molecule has 5 nitrogen and oxygen atoms in total. The van der Waals surface area contributed by atoms with E-state index in [0.29, 0.717) is 19.8 Å². The number of carbonyl (C=O) groups is 1. The Balaban J connectivity index is 2.20. The van der Waals surface area contributed by atoms with Gasteiger partial charge in [-0.3, -0.25) is 0 Å². The lowest BCUT2D eigenvalue weighted by atomic mass is 10.2. The van der Waals surface area contributed by atoms with Crippen molar-refractivity contribution in [1.29, 1.82) is 0 Å². The standard InChI is InChI=1S/C11H14N2O3/c1-15-11(14)9-8-16-7-6-13(9)10-4-2-3-5-12-10/h2-5,9H,6-8H2,1H3. The lowest BCUT2D eigenvalue weighted by Crippen LogP contribution is -2.50. The Hall–Kier alpha value is -1.62. The molecule has 0 spiro atoms. The second-order valence-electron chi connectivity index (χ2n) is 3.50. The van der Waals surface area contributed by atoms with Crippen LogP contribution in [-0.4, -0.2) is 43.9 Å². The van der Waals surface area contributed by atoms with Crippen LogP contribution in [0.1, 0.15) is 0 Å². The summed E-state index contributed by atoms with van der Waals surface area (Å²) in [5.74, 6) is 0.492. The van der Waals surface area contributed by atoms with Crippen molar-refractivity contribution in [1.82, 2.24) is 4.98 Å². The van der Waals surface area contributed by atoms with Crippen LogP contribution in [0.15, 0.2) is 24.4 Å². The largest absolute Gasteiger partial charge is 0.467 e. The summed E-state index contributed by atoms with van der Waals surface area (Å²) in [5.41, 5.74) is 0. The zero-order valence-electron chi connectivity index (χ0n) is 9.13. The summed E-state index contributed by atoms with van der Waals surface area (Å²) >= 11 is 0. The molecule has 0 aliphatic carbocycles. The third-order valence-corrected chi connectivity index (χ3v) is 2.55. The van der Waals surface area contributed by atoms with Gasteiger partial charge >= 0.3 is 5.97 Å². The Bertz CT molecular complexity index is 356. The van der Waals surface area contributed by atoms with Crippen LogP contribution in [-0.2, 0) is 14.3 Å². The van der Waals surface area contributed by atoms with E-state index in [9.17, 15) is 4.79 Å². The fourth-order valence-corrected chi connectivity index (χ4v) is 1.73. The molecule has 1 aromatic rings. The molecule has 2 heterocycles. The highest BCUT2D eigenvalue weighted by atomic mass is 16.5. The number of esters is 1. The number of ether oxygens (including phenoxy) is 2. The molecule has 1 aliphatic rings. The van der Waals surface area contributed by atoms with Crippen molar-refractivity contribution in [2.75, 3.05) is 31.8 Å². The minimum Gasteiger partial charge on any atom is -0.467 e. The molecular formula is C11H14N2O3. The van der Waals surface area contributed by atoms with Crippen molar-refractivity contribution in [3.8, 4) is 0 Å². The van der Waals surface area contributed by atoms with Gasteiger partial charge in [0, 0.05) is 12.7 Å². The summed E-state index contributed by atoms with van der Waals surface area (Å²) in [6, 6.07) is 5.22. The van der Waals surface area contributed by atoms with Crippen LogP contribution in [0.4, 0.5) is 5.82 Å². The second kappa shape index (κ2) is 4.94. The minimum absolute atomic E-state index is 0.287. The zero-order valence-corrected chi connectivity index (χ0v) is 9.13. The Labute approximate surface area is 94.0 Å². The summed E-state index contributed by atoms with van der Waals surface area (Å²) in [5, 5.41) is 0. The van der Waals surface area contributed by atoms with Crippen molar-refractivity contribution < 1.29 is 14.3 Å². The first-order chi connectivity index (χ1) is 7.83. The van der Waals surface area contributed by atoms with Crippen LogP contribution in [0.25, 0.3) is 0 Å². The minimum atomic E-state index is -0.395. The number of aromatic nitrogens is 1. The second-order valence-corrected chi connectivity index (χ2v) is 3.50. The smallest absolute Gasteiger partial charge is 0.330 e. The van der Waals surface area contributed by atoms with Gasteiger partial charge in [0.1, 0.15) is 5.82 Å². The van der Waals surface area contributed by atoms with E-state index in [1.807, 2.05) is 23.1 Å². The number of pyridine rings is 1. The van der Waals surface area contributed by atoms with E-state index in [4.69, 9.17) is 9.47 Å². The van der Waals surface area contributed by atoms with E-state index in [2.05, 4.69) is 4.98 Å². The maximum Gasteiger partial charge on any atom is 0.330 e. The lowest BCUT2D eigenvalue weighted by Gasteiger charge is -2.34. The summed E-state index contributed by atoms with van der Waals surface area (Å²) in [6.45, 7) is 1.60. The summed E-state index contributed by atoms with van der Waals surface area (Å²) in [4.78, 5) is 17.7. The van der Waals surface area contributed by atoms with Crippen molar-refractivity contribution in [2.24, 2.45) is 0 Å². The average molecular weight is 222 g/mol. The van der Waals surface area contributed by atoms with Crippen LogP contribution in [0, 0.1) is 0 Å². The number of rotatable bonds is 2. The van der Waals surface area contributed by atoms with Crippen molar-refractivity contribution in [3.63, 3.8) is 0 Å². The number of anilines is 1. The highest BCUT2D eigenvalue weighted by molar-refractivity contribution is 5.80. The predicted octanol–water partition coefficient (Wildman–Crippen LogP) is 0.460. The van der Waals surface area contributed by atoms with E-state index in [0.717, 1.165) is 5.82 Å². The molecule has 0 aromatic carbocycles. The molecule has 0 N–H and O–H groups in total. The quantitative estimate of drug-likeness (QED) is 0.680. The Kier molecular flexibility index (Phi) is 3.36. The number of carbonyl (C=O) groups excluding carboxylic acids is 1. The number of morpholine rings is 1. The molecule has 1 aliphatic heterocycles. The number of hydrogen-bond donors (Lipinski definition) is 0. The van der Waals surface area contributed by atoms with Gasteiger partial charge in [-0.05, 0) is 12.1 Å². The molecule has 1 aromatic heterocycles. The Morgan fingerprint density at radius 3 is 3.19 bits per heavy atom. The number of nitrogens with zero attached hydrogens (tertiary/aromatic N) is 2. The molecule has 0 bridgehead atoms. The first kappa shape index (κ1) is 10.9. The van der Waals surface area contributed by atoms with Crippen molar-refractivity contribution >= 4 is 11.8 Å². The van der Waals surface area contributed by atoms with Gasteiger partial charge in [0.25, 0.3) is 0 Å². The molecule has 86 valence electrons. The monoisotopic (exact) mass is 222 g/mol.